The van der Waals surface area contributed by atoms with Crippen molar-refractivity contribution in [1.82, 2.24) is 9.55 Å². The second-order valence-corrected chi connectivity index (χ2v) is 7.00. The van der Waals surface area contributed by atoms with E-state index in [-0.39, 0.29) is 12.2 Å². The van der Waals surface area contributed by atoms with Crippen molar-refractivity contribution in [2.45, 2.75) is 25.0 Å². The van der Waals surface area contributed by atoms with E-state index in [2.05, 4.69) is 4.98 Å². The number of carboxylic acids is 1. The van der Waals surface area contributed by atoms with Crippen molar-refractivity contribution >= 4 is 15.8 Å². The molecule has 0 atom stereocenters. The molecule has 0 aromatic carbocycles. The van der Waals surface area contributed by atoms with Crippen molar-refractivity contribution in [3.05, 3.63) is 18.2 Å². The fourth-order valence-electron chi connectivity index (χ4n) is 1.25. The molecular formula is C10H16N2O4S. The molecule has 0 aliphatic carbocycles. The second-order valence-electron chi connectivity index (χ2n) is 4.34. The molecule has 7 heteroatoms. The monoisotopic (exact) mass is 260 g/mol. The summed E-state index contributed by atoms with van der Waals surface area (Å²) in [6.07, 6.45) is 3.50. The average molecular weight is 260 g/mol. The molecule has 6 nitrogen and oxygen atoms in total. The van der Waals surface area contributed by atoms with E-state index in [4.69, 9.17) is 5.11 Å². The summed E-state index contributed by atoms with van der Waals surface area (Å²) in [5.74, 6) is -0.941. The second kappa shape index (κ2) is 4.48. The predicted octanol–water partition coefficient (Wildman–Crippen LogP) is 0.241. The molecular weight excluding hydrogens is 244 g/mol. The lowest BCUT2D eigenvalue weighted by molar-refractivity contribution is -0.139. The molecule has 0 amide bonds. The number of imidazole rings is 1. The van der Waals surface area contributed by atoms with Crippen LogP contribution in [0, 0.1) is 0 Å². The van der Waals surface area contributed by atoms with Crippen LogP contribution in [0.3, 0.4) is 0 Å². The lowest BCUT2D eigenvalue weighted by atomic mass is 10.2. The van der Waals surface area contributed by atoms with Crippen molar-refractivity contribution in [2.75, 3.05) is 5.75 Å². The van der Waals surface area contributed by atoms with Gasteiger partial charge in [-0.15, -0.1) is 0 Å². The van der Waals surface area contributed by atoms with Gasteiger partial charge in [0, 0.05) is 25.9 Å². The smallest absolute Gasteiger partial charge is 0.324 e. The number of sulfone groups is 1. The molecule has 0 aliphatic heterocycles. The molecule has 0 radical (unpaired) electrons. The van der Waals surface area contributed by atoms with Crippen LogP contribution in [0.5, 0.6) is 0 Å². The van der Waals surface area contributed by atoms with Crippen molar-refractivity contribution in [3.8, 4) is 0 Å². The minimum atomic E-state index is -3.70. The highest BCUT2D eigenvalue weighted by Gasteiger charge is 2.41. The van der Waals surface area contributed by atoms with Crippen LogP contribution in [0.25, 0.3) is 0 Å². The fourth-order valence-corrected chi connectivity index (χ4v) is 2.48. The van der Waals surface area contributed by atoms with Gasteiger partial charge in [-0.2, -0.15) is 0 Å². The van der Waals surface area contributed by atoms with Crippen LogP contribution in [0.4, 0.5) is 0 Å². The molecule has 1 N–H and O–H groups in total. The van der Waals surface area contributed by atoms with Gasteiger partial charge in [0.05, 0.1) is 5.75 Å². The van der Waals surface area contributed by atoms with Crippen molar-refractivity contribution in [2.24, 2.45) is 7.05 Å². The van der Waals surface area contributed by atoms with Gasteiger partial charge in [0.25, 0.3) is 0 Å². The Hall–Kier alpha value is -1.37. The zero-order chi connectivity index (χ0) is 13.3. The maximum Gasteiger partial charge on any atom is 0.324 e. The molecule has 0 saturated heterocycles. The standard InChI is InChI=1S/C10H16N2O4S/c1-10(2,9(13)14)17(15,16)7-4-8-11-5-6-12(8)3/h5-6H,4,7H2,1-3H3,(H,13,14). The highest BCUT2D eigenvalue weighted by atomic mass is 32.2. The Bertz CT molecular complexity index is 516. The highest BCUT2D eigenvalue weighted by molar-refractivity contribution is 7.93. The lowest BCUT2D eigenvalue weighted by Gasteiger charge is -2.19. The number of hydrogen-bond donors (Lipinski definition) is 1. The van der Waals surface area contributed by atoms with Crippen molar-refractivity contribution in [3.63, 3.8) is 0 Å². The number of aromatic nitrogens is 2. The normalized spacial score (nSPS) is 12.6. The first-order valence-electron chi connectivity index (χ1n) is 5.10. The summed E-state index contributed by atoms with van der Waals surface area (Å²) >= 11 is 0. The van der Waals surface area contributed by atoms with Gasteiger partial charge in [-0.25, -0.2) is 13.4 Å². The number of hydrogen-bond acceptors (Lipinski definition) is 4. The van der Waals surface area contributed by atoms with Gasteiger partial charge in [-0.1, -0.05) is 0 Å². The molecule has 0 saturated carbocycles. The molecule has 96 valence electrons. The minimum Gasteiger partial charge on any atom is -0.480 e. The summed E-state index contributed by atoms with van der Waals surface area (Å²) in [4.78, 5) is 14.9. The van der Waals surface area contributed by atoms with Gasteiger partial charge in [-0.3, -0.25) is 4.79 Å². The number of carboxylic acid groups (broad SMARTS) is 1. The van der Waals surface area contributed by atoms with Crippen LogP contribution in [0.2, 0.25) is 0 Å². The molecule has 0 aliphatic rings. The van der Waals surface area contributed by atoms with E-state index in [1.54, 1.807) is 24.0 Å². The molecule has 0 bridgehead atoms. The lowest BCUT2D eigenvalue weighted by Crippen LogP contribution is -2.42. The van der Waals surface area contributed by atoms with E-state index in [1.807, 2.05) is 0 Å². The number of nitrogens with zero attached hydrogens (tertiary/aromatic N) is 2. The third-order valence-electron chi connectivity index (χ3n) is 2.81. The maximum absolute atomic E-state index is 11.9. The fraction of sp³-hybridized carbons (Fsp3) is 0.600. The summed E-state index contributed by atoms with van der Waals surface area (Å²) in [7, 11) is -1.94. The molecule has 1 aromatic rings. The van der Waals surface area contributed by atoms with Gasteiger partial charge in [0.2, 0.25) is 0 Å². The van der Waals surface area contributed by atoms with E-state index < -0.39 is 20.6 Å². The van der Waals surface area contributed by atoms with Crippen LogP contribution in [-0.4, -0.2) is 39.5 Å². The van der Waals surface area contributed by atoms with Crippen LogP contribution in [0.1, 0.15) is 19.7 Å². The zero-order valence-electron chi connectivity index (χ0n) is 10.0. The number of aliphatic carboxylic acids is 1. The summed E-state index contributed by atoms with van der Waals surface area (Å²) in [6, 6.07) is 0. The predicted molar refractivity (Wildman–Crippen MR) is 62.4 cm³/mol. The topological polar surface area (TPSA) is 89.3 Å². The van der Waals surface area contributed by atoms with Crippen LogP contribution < -0.4 is 0 Å². The molecule has 17 heavy (non-hydrogen) atoms. The van der Waals surface area contributed by atoms with Gasteiger partial charge in [0.15, 0.2) is 14.6 Å². The largest absolute Gasteiger partial charge is 0.480 e. The van der Waals surface area contributed by atoms with Crippen molar-refractivity contribution < 1.29 is 18.3 Å². The van der Waals surface area contributed by atoms with E-state index >= 15 is 0 Å². The maximum atomic E-state index is 11.9. The third-order valence-corrected chi connectivity index (χ3v) is 5.28. The molecule has 1 rings (SSSR count). The van der Waals surface area contributed by atoms with Gasteiger partial charge in [0.1, 0.15) is 5.82 Å². The summed E-state index contributed by atoms with van der Waals surface area (Å²) < 4.78 is 23.7. The Balaban J connectivity index is 2.82. The van der Waals surface area contributed by atoms with Crippen LogP contribution in [-0.2, 0) is 28.1 Å². The molecule has 0 fully saturated rings. The van der Waals surface area contributed by atoms with Crippen LogP contribution >= 0.6 is 0 Å². The summed E-state index contributed by atoms with van der Waals surface area (Å²) in [6.45, 7) is 2.40. The van der Waals surface area contributed by atoms with E-state index in [9.17, 15) is 13.2 Å². The number of carbonyl (C=O) groups is 1. The molecule has 0 unspecified atom stereocenters. The average Bonchev–Trinajstić information content (AvgIpc) is 2.60. The summed E-state index contributed by atoms with van der Waals surface area (Å²) in [5, 5.41) is 8.89. The SMILES string of the molecule is Cn1ccnc1CCS(=O)(=O)C(C)(C)C(=O)O. The molecule has 1 heterocycles. The first-order valence-corrected chi connectivity index (χ1v) is 6.75. The third kappa shape index (κ3) is 2.66. The summed E-state index contributed by atoms with van der Waals surface area (Å²) in [5.41, 5.74) is 0. The van der Waals surface area contributed by atoms with Gasteiger partial charge in [-0.05, 0) is 13.8 Å². The molecule has 1 aromatic heterocycles. The Labute approximate surface area is 100 Å². The Kier molecular flexibility index (Phi) is 3.61. The first kappa shape index (κ1) is 13.7. The number of rotatable bonds is 5. The van der Waals surface area contributed by atoms with E-state index in [0.717, 1.165) is 0 Å². The van der Waals surface area contributed by atoms with Crippen LogP contribution in [0.15, 0.2) is 12.4 Å². The molecule has 0 spiro atoms. The Morgan fingerprint density at radius 1 is 1.53 bits per heavy atom. The first-order chi connectivity index (χ1) is 7.68. The quantitative estimate of drug-likeness (QED) is 0.819. The number of aryl methyl sites for hydroxylation is 2. The van der Waals surface area contributed by atoms with Gasteiger partial charge >= 0.3 is 5.97 Å². The Morgan fingerprint density at radius 3 is 2.53 bits per heavy atom. The highest BCUT2D eigenvalue weighted by Crippen LogP contribution is 2.18. The van der Waals surface area contributed by atoms with E-state index in [1.165, 1.54) is 13.8 Å². The van der Waals surface area contributed by atoms with Crippen molar-refractivity contribution in [1.29, 1.82) is 0 Å². The zero-order valence-corrected chi connectivity index (χ0v) is 10.9. The van der Waals surface area contributed by atoms with E-state index in [0.29, 0.717) is 5.82 Å². The minimum absolute atomic E-state index is 0.211. The van der Waals surface area contributed by atoms with Gasteiger partial charge < -0.3 is 9.67 Å². The Morgan fingerprint density at radius 2 is 2.12 bits per heavy atom.